The quantitative estimate of drug-likeness (QED) is 0.461. The van der Waals surface area contributed by atoms with Crippen LogP contribution in [-0.2, 0) is 9.59 Å². The molecule has 1 saturated heterocycles. The Kier molecular flexibility index (Phi) is 5.71. The molecule has 1 aliphatic heterocycles. The van der Waals surface area contributed by atoms with Crippen LogP contribution in [0.1, 0.15) is 5.76 Å². The fourth-order valence-corrected chi connectivity index (χ4v) is 3.06. The molecule has 1 aromatic heterocycles. The molecule has 0 aliphatic carbocycles. The largest absolute Gasteiger partial charge is 0.870 e. The molecule has 2 aromatic carbocycles. The number of furan rings is 1. The number of benzene rings is 2. The van der Waals surface area contributed by atoms with E-state index in [9.17, 15) is 14.5 Å². The molecule has 3 N–H and O–H groups in total. The van der Waals surface area contributed by atoms with Gasteiger partial charge in [0, 0.05) is 32.3 Å². The van der Waals surface area contributed by atoms with Gasteiger partial charge in [-0.15, -0.1) is 0 Å². The number of hydrogen-bond acceptors (Lipinski definition) is 5. The van der Waals surface area contributed by atoms with Gasteiger partial charge < -0.3 is 9.89 Å². The van der Waals surface area contributed by atoms with Gasteiger partial charge in [-0.2, -0.15) is 0 Å². The first kappa shape index (κ1) is 20.2. The highest BCUT2D eigenvalue weighted by Gasteiger charge is 2.34. The summed E-state index contributed by atoms with van der Waals surface area (Å²) in [6.07, 6.45) is 1.40. The number of nitrogens with one attached hydrogen (secondary N) is 2. The van der Waals surface area contributed by atoms with Crippen molar-refractivity contribution in [3.8, 4) is 11.3 Å². The van der Waals surface area contributed by atoms with Crippen molar-refractivity contribution in [2.45, 2.75) is 0 Å². The second kappa shape index (κ2) is 8.21. The molecule has 1 fully saturated rings. The van der Waals surface area contributed by atoms with Crippen molar-refractivity contribution in [2.75, 3.05) is 5.01 Å². The zero-order valence-corrected chi connectivity index (χ0v) is 16.3. The third-order valence-corrected chi connectivity index (χ3v) is 4.68. The van der Waals surface area contributed by atoms with E-state index in [-0.39, 0.29) is 11.0 Å². The molecular formula is C20H14BrN3O5. The predicted molar refractivity (Wildman–Crippen MR) is 108 cm³/mol. The minimum atomic E-state index is -0.511. The molecule has 0 atom stereocenters. The Morgan fingerprint density at radius 1 is 1.03 bits per heavy atom. The van der Waals surface area contributed by atoms with E-state index in [1.165, 1.54) is 11.1 Å². The van der Waals surface area contributed by atoms with Gasteiger partial charge in [-0.25, -0.2) is 5.01 Å². The van der Waals surface area contributed by atoms with Crippen LogP contribution in [-0.4, -0.2) is 17.3 Å². The Balaban J connectivity index is 0.00000240. The van der Waals surface area contributed by atoms with Crippen molar-refractivity contribution in [3.63, 3.8) is 0 Å². The summed E-state index contributed by atoms with van der Waals surface area (Å²) in [5.74, 6) is -0.113. The summed E-state index contributed by atoms with van der Waals surface area (Å²) >= 11 is 3.33. The predicted octanol–water partition coefficient (Wildman–Crippen LogP) is 2.47. The third-order valence-electron chi connectivity index (χ3n) is 4.15. The second-order valence-corrected chi connectivity index (χ2v) is 6.92. The number of rotatable bonds is 4. The maximum atomic E-state index is 12.6. The minimum absolute atomic E-state index is 0. The smallest absolute Gasteiger partial charge is 0.282 e. The fraction of sp³-hybridized carbons (Fsp3) is 0. The molecule has 9 heteroatoms. The normalized spacial score (nSPS) is 14.7. The van der Waals surface area contributed by atoms with E-state index in [0.717, 1.165) is 4.47 Å². The van der Waals surface area contributed by atoms with Gasteiger partial charge in [-0.3, -0.25) is 15.0 Å². The second-order valence-electron chi connectivity index (χ2n) is 6.00. The van der Waals surface area contributed by atoms with E-state index in [4.69, 9.17) is 4.42 Å². The number of halogens is 1. The van der Waals surface area contributed by atoms with Crippen molar-refractivity contribution >= 4 is 45.2 Å². The zero-order valence-electron chi connectivity index (χ0n) is 14.8. The average Bonchev–Trinajstić information content (AvgIpc) is 3.29. The van der Waals surface area contributed by atoms with Crippen molar-refractivity contribution in [3.05, 3.63) is 81.4 Å². The maximum Gasteiger partial charge on any atom is 0.282 e. The van der Waals surface area contributed by atoms with Crippen molar-refractivity contribution < 1.29 is 24.7 Å². The van der Waals surface area contributed by atoms with Gasteiger partial charge in [0.05, 0.1) is 5.69 Å². The Morgan fingerprint density at radius 2 is 1.79 bits per heavy atom. The Bertz CT molecular complexity index is 1120. The van der Waals surface area contributed by atoms with Crippen LogP contribution in [0.4, 0.5) is 11.4 Å². The van der Waals surface area contributed by atoms with Gasteiger partial charge in [0.1, 0.15) is 17.1 Å². The van der Waals surface area contributed by atoms with Crippen LogP contribution >= 0.6 is 15.9 Å². The molecule has 0 bridgehead atoms. The Morgan fingerprint density at radius 3 is 2.52 bits per heavy atom. The van der Waals surface area contributed by atoms with Crippen LogP contribution in [0.15, 0.2) is 75.1 Å². The molecule has 2 heterocycles. The fourth-order valence-electron chi connectivity index (χ4n) is 2.79. The van der Waals surface area contributed by atoms with Gasteiger partial charge in [-0.05, 0) is 42.5 Å². The summed E-state index contributed by atoms with van der Waals surface area (Å²) in [4.78, 5) is 35.7. The number of hydrazine groups is 1. The lowest BCUT2D eigenvalue weighted by atomic mass is 10.1. The highest BCUT2D eigenvalue weighted by Crippen LogP contribution is 2.27. The van der Waals surface area contributed by atoms with Crippen LogP contribution in [0.2, 0.25) is 0 Å². The molecular weight excluding hydrogens is 442 g/mol. The summed E-state index contributed by atoms with van der Waals surface area (Å²) in [5, 5.41) is 3.02. The number of anilines is 1. The Labute approximate surface area is 173 Å². The van der Waals surface area contributed by atoms with Crippen LogP contribution in [0.3, 0.4) is 0 Å². The number of carbonyl (C=O) groups excluding carboxylic acids is 2. The molecule has 8 nitrogen and oxygen atoms in total. The van der Waals surface area contributed by atoms with E-state index in [0.29, 0.717) is 28.5 Å². The first-order valence-corrected chi connectivity index (χ1v) is 9.05. The molecule has 0 saturated carbocycles. The summed E-state index contributed by atoms with van der Waals surface area (Å²) in [6.45, 7) is 0. The summed E-state index contributed by atoms with van der Waals surface area (Å²) < 4.78 is 6.59. The molecule has 2 amide bonds. The average molecular weight is 456 g/mol. The lowest BCUT2D eigenvalue weighted by Crippen LogP contribution is -2.55. The number of amides is 2. The van der Waals surface area contributed by atoms with Gasteiger partial charge in [0.2, 0.25) is 0 Å². The topological polar surface area (TPSA) is 124 Å². The van der Waals surface area contributed by atoms with Crippen LogP contribution < -0.4 is 15.6 Å². The summed E-state index contributed by atoms with van der Waals surface area (Å²) in [7, 11) is 0. The van der Waals surface area contributed by atoms with E-state index in [1.807, 2.05) is 5.18 Å². The van der Waals surface area contributed by atoms with Gasteiger partial charge in [0.25, 0.3) is 17.5 Å². The molecule has 0 radical (unpaired) electrons. The van der Waals surface area contributed by atoms with Crippen LogP contribution in [0, 0.1) is 4.91 Å². The molecule has 146 valence electrons. The SMILES string of the molecule is O=[NH+]c1cccc(-c2ccc(/C=C3/C(=O)NN(c4ccc(Br)cc4)C3=O)o2)c1.[OH-]. The molecule has 0 spiro atoms. The van der Waals surface area contributed by atoms with Crippen molar-refractivity contribution in [2.24, 2.45) is 0 Å². The van der Waals surface area contributed by atoms with Crippen molar-refractivity contribution in [1.29, 1.82) is 0 Å². The first-order chi connectivity index (χ1) is 13.5. The van der Waals surface area contributed by atoms with Gasteiger partial charge in [-0.1, -0.05) is 28.1 Å². The highest BCUT2D eigenvalue weighted by atomic mass is 79.9. The number of carbonyl (C=O) groups is 2. The van der Waals surface area contributed by atoms with E-state index in [1.54, 1.807) is 60.7 Å². The lowest BCUT2D eigenvalue weighted by molar-refractivity contribution is -0.379. The number of nitroso groups, excluding NO2 is 1. The highest BCUT2D eigenvalue weighted by molar-refractivity contribution is 9.10. The molecule has 3 aromatic rings. The minimum Gasteiger partial charge on any atom is -0.870 e. The standard InChI is InChI=1S/C20H12BrN3O4.H2O/c21-13-4-6-15(7-5-13)24-20(26)17(19(25)22-24)11-16-8-9-18(28-16)12-2-1-3-14(10-12)23-27;/h1-11H,(H,22,25);1H2/b17-11-;. The Hall–Kier alpha value is -3.56. The van der Waals surface area contributed by atoms with E-state index < -0.39 is 11.8 Å². The number of nitrogens with zero attached hydrogens (tertiary/aromatic N) is 1. The lowest BCUT2D eigenvalue weighted by Gasteiger charge is -2.14. The van der Waals surface area contributed by atoms with Crippen LogP contribution in [0.25, 0.3) is 17.4 Å². The maximum absolute atomic E-state index is 12.6. The zero-order chi connectivity index (χ0) is 19.7. The molecule has 4 rings (SSSR count). The number of hydrogen-bond donors (Lipinski definition) is 2. The van der Waals surface area contributed by atoms with Crippen LogP contribution in [0.5, 0.6) is 0 Å². The molecule has 1 aliphatic rings. The van der Waals surface area contributed by atoms with Crippen molar-refractivity contribution in [1.82, 2.24) is 5.43 Å². The van der Waals surface area contributed by atoms with Gasteiger partial charge >= 0.3 is 0 Å². The third kappa shape index (κ3) is 4.00. The molecule has 29 heavy (non-hydrogen) atoms. The monoisotopic (exact) mass is 455 g/mol. The van der Waals surface area contributed by atoms with E-state index >= 15 is 0 Å². The summed E-state index contributed by atoms with van der Waals surface area (Å²) in [6, 6.07) is 17.1. The molecule has 0 unspecified atom stereocenters. The summed E-state index contributed by atoms with van der Waals surface area (Å²) in [5.41, 5.74) is 4.16. The van der Waals surface area contributed by atoms with E-state index in [2.05, 4.69) is 21.4 Å². The first-order valence-electron chi connectivity index (χ1n) is 8.26. The van der Waals surface area contributed by atoms with Gasteiger partial charge in [0.15, 0.2) is 0 Å².